The van der Waals surface area contributed by atoms with Gasteiger partial charge in [0.1, 0.15) is 0 Å². The molecule has 1 aromatic heterocycles. The first-order chi connectivity index (χ1) is 11.6. The van der Waals surface area contributed by atoms with Crippen molar-refractivity contribution in [1.29, 1.82) is 0 Å². The van der Waals surface area contributed by atoms with Crippen LogP contribution in [0.1, 0.15) is 23.2 Å². The number of urea groups is 1. The molecular formula is C17H18N4O3. The predicted octanol–water partition coefficient (Wildman–Crippen LogP) is 1.32. The Balaban J connectivity index is 1.44. The number of carbonyl (C=O) groups excluding carboxylic acids is 3. The Labute approximate surface area is 138 Å². The lowest BCUT2D eigenvalue weighted by atomic mass is 10.0. The smallest absolute Gasteiger partial charge is 0.324 e. The highest BCUT2D eigenvalue weighted by Gasteiger charge is 2.37. The maximum absolute atomic E-state index is 12.7. The molecule has 2 aromatic rings. The highest BCUT2D eigenvalue weighted by atomic mass is 16.2. The Morgan fingerprint density at radius 3 is 2.62 bits per heavy atom. The standard InChI is InChI=1S/C17H18N4O3/c22-15-10-19-17(24)21(15)13-4-7-20(8-5-13)16(23)12-2-1-11-3-6-18-14(11)9-12/h1-3,6,9,13,18H,4-5,7-8,10H2,(H,19,24). The lowest BCUT2D eigenvalue weighted by Gasteiger charge is -2.35. The zero-order valence-electron chi connectivity index (χ0n) is 13.1. The number of benzene rings is 1. The molecule has 124 valence electrons. The molecule has 0 atom stereocenters. The molecule has 4 rings (SSSR count). The molecule has 24 heavy (non-hydrogen) atoms. The number of hydrogen-bond donors (Lipinski definition) is 2. The van der Waals surface area contributed by atoms with Crippen molar-refractivity contribution in [1.82, 2.24) is 20.1 Å². The number of rotatable bonds is 2. The molecule has 7 nitrogen and oxygen atoms in total. The number of H-pyrrole nitrogens is 1. The van der Waals surface area contributed by atoms with E-state index >= 15 is 0 Å². The summed E-state index contributed by atoms with van der Waals surface area (Å²) in [6.45, 7) is 1.17. The van der Waals surface area contributed by atoms with E-state index in [1.807, 2.05) is 30.5 Å². The Kier molecular flexibility index (Phi) is 3.48. The maximum Gasteiger partial charge on any atom is 0.324 e. The molecule has 4 amide bonds. The molecule has 0 radical (unpaired) electrons. The van der Waals surface area contributed by atoms with Gasteiger partial charge in [0.25, 0.3) is 5.91 Å². The van der Waals surface area contributed by atoms with Crippen LogP contribution in [0.15, 0.2) is 30.5 Å². The van der Waals surface area contributed by atoms with Gasteiger partial charge in [-0.25, -0.2) is 4.79 Å². The van der Waals surface area contributed by atoms with E-state index in [0.29, 0.717) is 31.5 Å². The summed E-state index contributed by atoms with van der Waals surface area (Å²) in [6, 6.07) is 7.16. The summed E-state index contributed by atoms with van der Waals surface area (Å²) in [5.74, 6) is -0.191. The number of nitrogens with zero attached hydrogens (tertiary/aromatic N) is 2. The number of fused-ring (bicyclic) bond motifs is 1. The largest absolute Gasteiger partial charge is 0.361 e. The maximum atomic E-state index is 12.7. The first kappa shape index (κ1) is 14.7. The van der Waals surface area contributed by atoms with Gasteiger partial charge in [-0.15, -0.1) is 0 Å². The zero-order chi connectivity index (χ0) is 16.7. The van der Waals surface area contributed by atoms with Gasteiger partial charge in [-0.1, -0.05) is 6.07 Å². The fourth-order valence-corrected chi connectivity index (χ4v) is 3.49. The van der Waals surface area contributed by atoms with Crippen molar-refractivity contribution in [2.75, 3.05) is 19.6 Å². The number of aromatic amines is 1. The minimum Gasteiger partial charge on any atom is -0.361 e. The van der Waals surface area contributed by atoms with Crippen molar-refractivity contribution in [3.05, 3.63) is 36.0 Å². The van der Waals surface area contributed by atoms with Crippen LogP contribution in [0.4, 0.5) is 4.79 Å². The Morgan fingerprint density at radius 2 is 1.92 bits per heavy atom. The summed E-state index contributed by atoms with van der Waals surface area (Å²) in [4.78, 5) is 42.4. The van der Waals surface area contributed by atoms with E-state index in [2.05, 4.69) is 10.3 Å². The van der Waals surface area contributed by atoms with Crippen LogP contribution in [0.2, 0.25) is 0 Å². The Bertz CT molecular complexity index is 804. The van der Waals surface area contributed by atoms with Gasteiger partial charge in [0, 0.05) is 36.4 Å². The summed E-state index contributed by atoms with van der Waals surface area (Å²) in [7, 11) is 0. The summed E-state index contributed by atoms with van der Waals surface area (Å²) in [5, 5.41) is 3.62. The molecule has 0 saturated carbocycles. The number of hydrogen-bond acceptors (Lipinski definition) is 3. The number of piperidine rings is 1. The fraction of sp³-hybridized carbons (Fsp3) is 0.353. The summed E-state index contributed by atoms with van der Waals surface area (Å²) in [6.07, 6.45) is 3.09. The van der Waals surface area contributed by atoms with Crippen LogP contribution in [0.25, 0.3) is 10.9 Å². The Hall–Kier alpha value is -2.83. The lowest BCUT2D eigenvalue weighted by molar-refractivity contribution is -0.127. The summed E-state index contributed by atoms with van der Waals surface area (Å²) >= 11 is 0. The third-order valence-electron chi connectivity index (χ3n) is 4.80. The summed E-state index contributed by atoms with van der Waals surface area (Å²) in [5.41, 5.74) is 1.59. The molecule has 2 aliphatic heterocycles. The van der Waals surface area contributed by atoms with Crippen LogP contribution in [0.5, 0.6) is 0 Å². The van der Waals surface area contributed by atoms with Crippen molar-refractivity contribution in [3.8, 4) is 0 Å². The molecule has 7 heteroatoms. The molecular weight excluding hydrogens is 308 g/mol. The average Bonchev–Trinajstić information content (AvgIpc) is 3.20. The predicted molar refractivity (Wildman–Crippen MR) is 87.5 cm³/mol. The van der Waals surface area contributed by atoms with Gasteiger partial charge >= 0.3 is 6.03 Å². The number of carbonyl (C=O) groups is 3. The number of imide groups is 1. The average molecular weight is 326 g/mol. The van der Waals surface area contributed by atoms with Gasteiger partial charge in [-0.05, 0) is 36.4 Å². The number of likely N-dealkylation sites (tertiary alicyclic amines) is 1. The number of aromatic nitrogens is 1. The molecule has 1 aromatic carbocycles. The molecule has 0 aliphatic carbocycles. The van der Waals surface area contributed by atoms with E-state index in [1.54, 1.807) is 4.90 Å². The minimum atomic E-state index is -0.318. The second kappa shape index (κ2) is 5.67. The van der Waals surface area contributed by atoms with Crippen molar-refractivity contribution in [2.45, 2.75) is 18.9 Å². The van der Waals surface area contributed by atoms with E-state index in [4.69, 9.17) is 0 Å². The first-order valence-electron chi connectivity index (χ1n) is 8.10. The molecule has 3 heterocycles. The van der Waals surface area contributed by atoms with Crippen LogP contribution in [-0.2, 0) is 4.79 Å². The first-order valence-corrected chi connectivity index (χ1v) is 8.10. The zero-order valence-corrected chi connectivity index (χ0v) is 13.1. The third-order valence-corrected chi connectivity index (χ3v) is 4.80. The quantitative estimate of drug-likeness (QED) is 0.816. The van der Waals surface area contributed by atoms with Crippen molar-refractivity contribution < 1.29 is 14.4 Å². The molecule has 0 spiro atoms. The third kappa shape index (κ3) is 2.42. The van der Waals surface area contributed by atoms with Crippen molar-refractivity contribution in [2.24, 2.45) is 0 Å². The van der Waals surface area contributed by atoms with Crippen LogP contribution in [-0.4, -0.2) is 58.3 Å². The SMILES string of the molecule is O=C(c1ccc2cc[nH]c2c1)N1CCC(N2C(=O)CNC2=O)CC1. The molecule has 0 bridgehead atoms. The van der Waals surface area contributed by atoms with E-state index in [1.165, 1.54) is 4.90 Å². The van der Waals surface area contributed by atoms with Crippen LogP contribution in [0, 0.1) is 0 Å². The van der Waals surface area contributed by atoms with Gasteiger partial charge in [0.05, 0.1) is 6.54 Å². The molecule has 2 fully saturated rings. The van der Waals surface area contributed by atoms with Gasteiger partial charge in [-0.3, -0.25) is 14.5 Å². The van der Waals surface area contributed by atoms with Gasteiger partial charge in [0.15, 0.2) is 0 Å². The van der Waals surface area contributed by atoms with Crippen molar-refractivity contribution >= 4 is 28.7 Å². The normalized spacial score (nSPS) is 19.2. The highest BCUT2D eigenvalue weighted by molar-refractivity contribution is 6.02. The van der Waals surface area contributed by atoms with Crippen LogP contribution >= 0.6 is 0 Å². The van der Waals surface area contributed by atoms with Crippen LogP contribution in [0.3, 0.4) is 0 Å². The van der Waals surface area contributed by atoms with E-state index in [0.717, 1.165) is 10.9 Å². The monoisotopic (exact) mass is 326 g/mol. The van der Waals surface area contributed by atoms with Gasteiger partial charge in [0.2, 0.25) is 5.91 Å². The molecule has 2 N–H and O–H groups in total. The number of amides is 4. The van der Waals surface area contributed by atoms with E-state index in [9.17, 15) is 14.4 Å². The lowest BCUT2D eigenvalue weighted by Crippen LogP contribution is -2.49. The molecule has 2 aliphatic rings. The van der Waals surface area contributed by atoms with Gasteiger partial charge in [-0.2, -0.15) is 0 Å². The second-order valence-electron chi connectivity index (χ2n) is 6.23. The molecule has 0 unspecified atom stereocenters. The van der Waals surface area contributed by atoms with Gasteiger partial charge < -0.3 is 15.2 Å². The minimum absolute atomic E-state index is 0.0119. The fourth-order valence-electron chi connectivity index (χ4n) is 3.49. The topological polar surface area (TPSA) is 85.5 Å². The summed E-state index contributed by atoms with van der Waals surface area (Å²) < 4.78 is 0. The van der Waals surface area contributed by atoms with Crippen molar-refractivity contribution in [3.63, 3.8) is 0 Å². The second-order valence-corrected chi connectivity index (χ2v) is 6.23. The Morgan fingerprint density at radius 1 is 1.12 bits per heavy atom. The van der Waals surface area contributed by atoms with E-state index in [-0.39, 0.29) is 30.4 Å². The molecule has 2 saturated heterocycles. The highest BCUT2D eigenvalue weighted by Crippen LogP contribution is 2.21. The van der Waals surface area contributed by atoms with Crippen LogP contribution < -0.4 is 5.32 Å². The number of nitrogens with one attached hydrogen (secondary N) is 2. The van der Waals surface area contributed by atoms with E-state index < -0.39 is 0 Å².